The van der Waals surface area contributed by atoms with Crippen LogP contribution in [0.2, 0.25) is 0 Å². The summed E-state index contributed by atoms with van der Waals surface area (Å²) in [7, 11) is 0. The summed E-state index contributed by atoms with van der Waals surface area (Å²) in [5.41, 5.74) is 5.63. The fraction of sp³-hybridized carbons (Fsp3) is 0.357. The average molecular weight is 275 g/mol. The summed E-state index contributed by atoms with van der Waals surface area (Å²) in [5, 5.41) is 20.9. The minimum Gasteiger partial charge on any atom is -0.378 e. The SMILES string of the molecule is C[C@@H](CC#N)[C@H](NC(=O)[C@@H](O)c1ccccc1)C(N)=O. The van der Waals surface area contributed by atoms with Crippen LogP contribution in [-0.4, -0.2) is 23.0 Å². The summed E-state index contributed by atoms with van der Waals surface area (Å²) in [4.78, 5) is 23.2. The lowest BCUT2D eigenvalue weighted by molar-refractivity contribution is -0.134. The number of nitriles is 1. The number of aliphatic hydroxyl groups excluding tert-OH is 1. The number of hydrogen-bond donors (Lipinski definition) is 3. The Morgan fingerprint density at radius 1 is 1.40 bits per heavy atom. The maximum absolute atomic E-state index is 11.9. The van der Waals surface area contributed by atoms with E-state index in [2.05, 4.69) is 5.32 Å². The number of amides is 2. The minimum absolute atomic E-state index is 0.0787. The van der Waals surface area contributed by atoms with Crippen molar-refractivity contribution in [2.75, 3.05) is 0 Å². The first-order chi connectivity index (χ1) is 9.47. The fourth-order valence-electron chi connectivity index (χ4n) is 1.77. The second kappa shape index (κ2) is 7.26. The molecule has 1 aromatic rings. The lowest BCUT2D eigenvalue weighted by atomic mass is 9.97. The van der Waals surface area contributed by atoms with Crippen molar-refractivity contribution >= 4 is 11.8 Å². The standard InChI is InChI=1S/C14H17N3O3/c1-9(7-8-15)11(13(16)19)17-14(20)12(18)10-5-3-2-4-6-10/h2-6,9,11-12,18H,7H2,1H3,(H2,16,19)(H,17,20)/t9-,11-,12-/m0/s1. The molecule has 0 aromatic heterocycles. The highest BCUT2D eigenvalue weighted by Crippen LogP contribution is 2.14. The van der Waals surface area contributed by atoms with Crippen molar-refractivity contribution in [2.24, 2.45) is 11.7 Å². The lowest BCUT2D eigenvalue weighted by Gasteiger charge is -2.22. The fourth-order valence-corrected chi connectivity index (χ4v) is 1.77. The molecule has 0 saturated heterocycles. The first-order valence-corrected chi connectivity index (χ1v) is 6.17. The quantitative estimate of drug-likeness (QED) is 0.689. The largest absolute Gasteiger partial charge is 0.378 e. The van der Waals surface area contributed by atoms with E-state index in [0.29, 0.717) is 5.56 Å². The smallest absolute Gasteiger partial charge is 0.254 e. The van der Waals surface area contributed by atoms with Crippen molar-refractivity contribution in [3.8, 4) is 6.07 Å². The molecule has 2 amide bonds. The second-order valence-electron chi connectivity index (χ2n) is 4.54. The Kier molecular flexibility index (Phi) is 5.69. The van der Waals surface area contributed by atoms with Crippen molar-refractivity contribution in [3.63, 3.8) is 0 Å². The molecule has 0 heterocycles. The van der Waals surface area contributed by atoms with Gasteiger partial charge in [-0.25, -0.2) is 0 Å². The van der Waals surface area contributed by atoms with E-state index in [1.54, 1.807) is 37.3 Å². The molecule has 6 nitrogen and oxygen atoms in total. The summed E-state index contributed by atoms with van der Waals surface area (Å²) in [5.74, 6) is -1.88. The van der Waals surface area contributed by atoms with E-state index in [4.69, 9.17) is 11.0 Å². The molecule has 1 aromatic carbocycles. The van der Waals surface area contributed by atoms with E-state index in [9.17, 15) is 14.7 Å². The molecule has 0 aliphatic rings. The van der Waals surface area contributed by atoms with Gasteiger partial charge in [0, 0.05) is 6.42 Å². The van der Waals surface area contributed by atoms with Crippen LogP contribution in [0.3, 0.4) is 0 Å². The Hall–Kier alpha value is -2.39. The van der Waals surface area contributed by atoms with Crippen molar-refractivity contribution in [1.29, 1.82) is 5.26 Å². The van der Waals surface area contributed by atoms with Gasteiger partial charge in [0.1, 0.15) is 6.04 Å². The molecule has 0 radical (unpaired) electrons. The molecule has 0 bridgehead atoms. The van der Waals surface area contributed by atoms with Gasteiger partial charge in [0.2, 0.25) is 5.91 Å². The molecular weight excluding hydrogens is 258 g/mol. The number of nitrogens with two attached hydrogens (primary N) is 1. The highest BCUT2D eigenvalue weighted by Gasteiger charge is 2.27. The van der Waals surface area contributed by atoms with Crippen molar-refractivity contribution in [2.45, 2.75) is 25.5 Å². The van der Waals surface area contributed by atoms with Gasteiger partial charge in [-0.1, -0.05) is 37.3 Å². The van der Waals surface area contributed by atoms with Crippen LogP contribution in [-0.2, 0) is 9.59 Å². The van der Waals surface area contributed by atoms with Gasteiger partial charge in [0.15, 0.2) is 6.10 Å². The molecule has 4 N–H and O–H groups in total. The van der Waals surface area contributed by atoms with Crippen molar-refractivity contribution < 1.29 is 14.7 Å². The van der Waals surface area contributed by atoms with E-state index in [-0.39, 0.29) is 6.42 Å². The Morgan fingerprint density at radius 3 is 2.50 bits per heavy atom. The zero-order valence-electron chi connectivity index (χ0n) is 11.1. The van der Waals surface area contributed by atoms with Gasteiger partial charge >= 0.3 is 0 Å². The number of primary amides is 1. The predicted octanol–water partition coefficient (Wildman–Crippen LogP) is 0.240. The van der Waals surface area contributed by atoms with Gasteiger partial charge in [0.05, 0.1) is 6.07 Å². The molecule has 0 aliphatic carbocycles. The molecule has 3 atom stereocenters. The van der Waals surface area contributed by atoms with E-state index in [1.165, 1.54) is 0 Å². The maximum Gasteiger partial charge on any atom is 0.254 e. The number of benzene rings is 1. The predicted molar refractivity (Wildman–Crippen MR) is 71.9 cm³/mol. The van der Waals surface area contributed by atoms with Crippen LogP contribution in [0.1, 0.15) is 25.0 Å². The zero-order chi connectivity index (χ0) is 15.1. The number of rotatable bonds is 6. The van der Waals surface area contributed by atoms with E-state index >= 15 is 0 Å². The summed E-state index contributed by atoms with van der Waals surface area (Å²) < 4.78 is 0. The first kappa shape index (κ1) is 15.7. The van der Waals surface area contributed by atoms with E-state index in [1.807, 2.05) is 6.07 Å². The molecule has 0 fully saturated rings. The van der Waals surface area contributed by atoms with Crippen LogP contribution in [0.4, 0.5) is 0 Å². The number of carbonyl (C=O) groups is 2. The Balaban J connectivity index is 2.77. The molecule has 0 unspecified atom stereocenters. The van der Waals surface area contributed by atoms with Crippen LogP contribution < -0.4 is 11.1 Å². The van der Waals surface area contributed by atoms with Crippen molar-refractivity contribution in [3.05, 3.63) is 35.9 Å². The highest BCUT2D eigenvalue weighted by atomic mass is 16.3. The molecule has 106 valence electrons. The molecular formula is C14H17N3O3. The van der Waals surface area contributed by atoms with E-state index < -0.39 is 29.9 Å². The second-order valence-corrected chi connectivity index (χ2v) is 4.54. The van der Waals surface area contributed by atoms with Crippen LogP contribution in [0.15, 0.2) is 30.3 Å². The van der Waals surface area contributed by atoms with E-state index in [0.717, 1.165) is 0 Å². The topological polar surface area (TPSA) is 116 Å². The summed E-state index contributed by atoms with van der Waals surface area (Å²) in [6.07, 6.45) is -1.30. The van der Waals surface area contributed by atoms with Gasteiger partial charge in [-0.05, 0) is 11.5 Å². The Labute approximate surface area is 117 Å². The molecule has 0 spiro atoms. The zero-order valence-corrected chi connectivity index (χ0v) is 11.1. The third kappa shape index (κ3) is 4.07. The number of nitrogens with zero attached hydrogens (tertiary/aromatic N) is 1. The first-order valence-electron chi connectivity index (χ1n) is 6.17. The number of nitrogens with one attached hydrogen (secondary N) is 1. The number of hydrogen-bond acceptors (Lipinski definition) is 4. The molecule has 0 aliphatic heterocycles. The van der Waals surface area contributed by atoms with Crippen LogP contribution in [0.25, 0.3) is 0 Å². The van der Waals surface area contributed by atoms with Gasteiger partial charge in [0.25, 0.3) is 5.91 Å². The number of aliphatic hydroxyl groups is 1. The molecule has 6 heteroatoms. The van der Waals surface area contributed by atoms with Gasteiger partial charge in [-0.3, -0.25) is 9.59 Å². The van der Waals surface area contributed by atoms with Crippen LogP contribution in [0, 0.1) is 17.2 Å². The number of carbonyl (C=O) groups excluding carboxylic acids is 2. The van der Waals surface area contributed by atoms with Crippen molar-refractivity contribution in [1.82, 2.24) is 5.32 Å². The van der Waals surface area contributed by atoms with Gasteiger partial charge in [-0.15, -0.1) is 0 Å². The highest BCUT2D eigenvalue weighted by molar-refractivity contribution is 5.89. The third-order valence-corrected chi connectivity index (χ3v) is 2.95. The van der Waals surface area contributed by atoms with Gasteiger partial charge < -0.3 is 16.2 Å². The molecule has 0 saturated carbocycles. The average Bonchev–Trinajstić information content (AvgIpc) is 2.44. The van der Waals surface area contributed by atoms with Crippen LogP contribution in [0.5, 0.6) is 0 Å². The summed E-state index contributed by atoms with van der Waals surface area (Å²) >= 11 is 0. The minimum atomic E-state index is -1.38. The monoisotopic (exact) mass is 275 g/mol. The normalized spacial score (nSPS) is 14.7. The Morgan fingerprint density at radius 2 is 2.00 bits per heavy atom. The van der Waals surface area contributed by atoms with Crippen LogP contribution >= 0.6 is 0 Å². The molecule has 1 rings (SSSR count). The summed E-state index contributed by atoms with van der Waals surface area (Å²) in [6, 6.07) is 9.27. The van der Waals surface area contributed by atoms with Gasteiger partial charge in [-0.2, -0.15) is 5.26 Å². The maximum atomic E-state index is 11.9. The Bertz CT molecular complexity index is 510. The lowest BCUT2D eigenvalue weighted by Crippen LogP contribution is -2.49. The molecule has 20 heavy (non-hydrogen) atoms. The summed E-state index contributed by atoms with van der Waals surface area (Å²) in [6.45, 7) is 1.63. The third-order valence-electron chi connectivity index (χ3n) is 2.95.